The van der Waals surface area contributed by atoms with E-state index in [1.54, 1.807) is 0 Å². The number of rotatable bonds is 4. The number of halogens is 4. The smallest absolute Gasteiger partial charge is 0.416 e. The van der Waals surface area contributed by atoms with Crippen molar-refractivity contribution in [1.82, 2.24) is 4.98 Å². The summed E-state index contributed by atoms with van der Waals surface area (Å²) in [5.41, 5.74) is -0.859. The lowest BCUT2D eigenvalue weighted by molar-refractivity contribution is -0.137. The molecule has 1 N–H and O–H groups in total. The predicted octanol–water partition coefficient (Wildman–Crippen LogP) is 4.56. The summed E-state index contributed by atoms with van der Waals surface area (Å²) in [6.45, 7) is 1.26. The van der Waals surface area contributed by atoms with Gasteiger partial charge < -0.3 is 14.8 Å². The van der Waals surface area contributed by atoms with Gasteiger partial charge >= 0.3 is 6.18 Å². The van der Waals surface area contributed by atoms with Crippen molar-refractivity contribution in [1.29, 1.82) is 0 Å². The van der Waals surface area contributed by atoms with E-state index in [4.69, 9.17) is 21.1 Å². The van der Waals surface area contributed by atoms with Crippen molar-refractivity contribution in [3.63, 3.8) is 0 Å². The molecule has 1 fully saturated rings. The van der Waals surface area contributed by atoms with Gasteiger partial charge in [0.15, 0.2) is 0 Å². The van der Waals surface area contributed by atoms with Gasteiger partial charge in [0.05, 0.1) is 35.1 Å². The summed E-state index contributed by atoms with van der Waals surface area (Å²) in [6.07, 6.45) is -1.70. The first kappa shape index (κ1) is 19.4. The van der Waals surface area contributed by atoms with Gasteiger partial charge in [-0.1, -0.05) is 11.6 Å². The third kappa shape index (κ3) is 5.11. The highest BCUT2D eigenvalue weighted by atomic mass is 35.5. The maximum Gasteiger partial charge on any atom is 0.416 e. The Hall–Kier alpha value is -2.32. The van der Waals surface area contributed by atoms with Gasteiger partial charge in [0.2, 0.25) is 5.88 Å². The van der Waals surface area contributed by atoms with Crippen LogP contribution in [0.15, 0.2) is 36.5 Å². The number of ether oxygens (including phenoxy) is 2. The van der Waals surface area contributed by atoms with Crippen LogP contribution in [-0.2, 0) is 10.9 Å². The highest BCUT2D eigenvalue weighted by Gasteiger charge is 2.31. The molecule has 144 valence electrons. The molecule has 0 saturated carbocycles. The number of nitrogens with zero attached hydrogens (tertiary/aromatic N) is 1. The van der Waals surface area contributed by atoms with Crippen LogP contribution in [0.1, 0.15) is 28.8 Å². The molecule has 1 amide bonds. The van der Waals surface area contributed by atoms with Crippen molar-refractivity contribution in [2.45, 2.75) is 25.1 Å². The second-order valence-corrected chi connectivity index (χ2v) is 6.37. The van der Waals surface area contributed by atoms with Gasteiger partial charge in [0, 0.05) is 25.1 Å². The number of anilines is 1. The standard InChI is InChI=1S/C18H16ClF3N2O3/c19-14-3-2-12(18(20,21)22)9-15(14)24-17(25)11-1-4-16(23-10-11)27-13-5-7-26-8-6-13/h1-4,9-10,13H,5-8H2,(H,24,25). The van der Waals surface area contributed by atoms with Crippen molar-refractivity contribution in [2.24, 2.45) is 0 Å². The monoisotopic (exact) mass is 400 g/mol. The van der Waals surface area contributed by atoms with Crippen molar-refractivity contribution < 1.29 is 27.4 Å². The minimum absolute atomic E-state index is 0.00350. The molecule has 5 nitrogen and oxygen atoms in total. The normalized spacial score (nSPS) is 15.4. The predicted molar refractivity (Wildman–Crippen MR) is 93.1 cm³/mol. The number of aromatic nitrogens is 1. The molecule has 0 bridgehead atoms. The summed E-state index contributed by atoms with van der Waals surface area (Å²) in [4.78, 5) is 16.4. The fourth-order valence-corrected chi connectivity index (χ4v) is 2.71. The first-order chi connectivity index (χ1) is 12.8. The molecule has 0 radical (unpaired) electrons. The summed E-state index contributed by atoms with van der Waals surface area (Å²) in [7, 11) is 0. The molecular weight excluding hydrogens is 385 g/mol. The van der Waals surface area contributed by atoms with Crippen molar-refractivity contribution in [3.05, 3.63) is 52.7 Å². The second-order valence-electron chi connectivity index (χ2n) is 5.96. The number of alkyl halides is 3. The van der Waals surface area contributed by atoms with Gasteiger partial charge in [0.25, 0.3) is 5.91 Å². The molecule has 0 atom stereocenters. The zero-order valence-electron chi connectivity index (χ0n) is 14.1. The molecule has 1 aromatic carbocycles. The average Bonchev–Trinajstić information content (AvgIpc) is 2.64. The van der Waals surface area contributed by atoms with Crippen LogP contribution in [0.3, 0.4) is 0 Å². The third-order valence-electron chi connectivity index (χ3n) is 4.00. The van der Waals surface area contributed by atoms with E-state index in [1.807, 2.05) is 0 Å². The molecule has 0 unspecified atom stereocenters. The highest BCUT2D eigenvalue weighted by Crippen LogP contribution is 2.34. The Labute approximate surface area is 158 Å². The van der Waals surface area contributed by atoms with E-state index < -0.39 is 17.6 Å². The zero-order valence-corrected chi connectivity index (χ0v) is 14.8. The maximum absolute atomic E-state index is 12.8. The molecule has 2 aromatic rings. The van der Waals surface area contributed by atoms with Crippen LogP contribution in [0.5, 0.6) is 5.88 Å². The molecule has 27 heavy (non-hydrogen) atoms. The molecule has 3 rings (SSSR count). The van der Waals surface area contributed by atoms with Crippen LogP contribution in [0.4, 0.5) is 18.9 Å². The molecule has 1 aliphatic heterocycles. The minimum Gasteiger partial charge on any atom is -0.474 e. The lowest BCUT2D eigenvalue weighted by atomic mass is 10.1. The van der Waals surface area contributed by atoms with Crippen LogP contribution in [0.25, 0.3) is 0 Å². The van der Waals surface area contributed by atoms with Gasteiger partial charge in [0.1, 0.15) is 6.10 Å². The lowest BCUT2D eigenvalue weighted by Crippen LogP contribution is -2.26. The first-order valence-corrected chi connectivity index (χ1v) is 8.59. The van der Waals surface area contributed by atoms with E-state index in [9.17, 15) is 18.0 Å². The van der Waals surface area contributed by atoms with Gasteiger partial charge in [-0.3, -0.25) is 4.79 Å². The molecule has 1 aromatic heterocycles. The third-order valence-corrected chi connectivity index (χ3v) is 4.33. The Morgan fingerprint density at radius 2 is 1.96 bits per heavy atom. The Balaban J connectivity index is 1.67. The number of benzene rings is 1. The van der Waals surface area contributed by atoms with E-state index in [1.165, 1.54) is 18.3 Å². The highest BCUT2D eigenvalue weighted by molar-refractivity contribution is 6.34. The van der Waals surface area contributed by atoms with Crippen LogP contribution in [0, 0.1) is 0 Å². The van der Waals surface area contributed by atoms with Crippen LogP contribution >= 0.6 is 11.6 Å². The Morgan fingerprint density at radius 3 is 2.59 bits per heavy atom. The Bertz CT molecular complexity index is 806. The number of pyridine rings is 1. The average molecular weight is 401 g/mol. The van der Waals surface area contributed by atoms with E-state index in [-0.39, 0.29) is 22.4 Å². The van der Waals surface area contributed by atoms with Crippen LogP contribution in [0.2, 0.25) is 5.02 Å². The number of hydrogen-bond donors (Lipinski definition) is 1. The summed E-state index contributed by atoms with van der Waals surface area (Å²) in [6, 6.07) is 5.75. The van der Waals surface area contributed by atoms with Crippen LogP contribution < -0.4 is 10.1 Å². The molecule has 2 heterocycles. The van der Waals surface area contributed by atoms with E-state index >= 15 is 0 Å². The number of carbonyl (C=O) groups excluding carboxylic acids is 1. The fraction of sp³-hybridized carbons (Fsp3) is 0.333. The quantitative estimate of drug-likeness (QED) is 0.817. The molecule has 9 heteroatoms. The second kappa shape index (κ2) is 8.14. The number of carbonyl (C=O) groups is 1. The number of hydrogen-bond acceptors (Lipinski definition) is 4. The summed E-state index contributed by atoms with van der Waals surface area (Å²) < 4.78 is 49.4. The molecule has 0 spiro atoms. The van der Waals surface area contributed by atoms with Gasteiger partial charge in [-0.05, 0) is 24.3 Å². The Kier molecular flexibility index (Phi) is 5.86. The summed E-state index contributed by atoms with van der Waals surface area (Å²) in [5, 5.41) is 2.38. The van der Waals surface area contributed by atoms with Crippen LogP contribution in [-0.4, -0.2) is 30.2 Å². The first-order valence-electron chi connectivity index (χ1n) is 8.21. The summed E-state index contributed by atoms with van der Waals surface area (Å²) >= 11 is 5.88. The topological polar surface area (TPSA) is 60.5 Å². The zero-order chi connectivity index (χ0) is 19.4. The Morgan fingerprint density at radius 1 is 1.22 bits per heavy atom. The van der Waals surface area contributed by atoms with Crippen molar-refractivity contribution >= 4 is 23.2 Å². The SMILES string of the molecule is O=C(Nc1cc(C(F)(F)F)ccc1Cl)c1ccc(OC2CCOCC2)nc1. The molecular formula is C18H16ClF3N2O3. The summed E-state index contributed by atoms with van der Waals surface area (Å²) in [5.74, 6) is -0.253. The van der Waals surface area contributed by atoms with E-state index in [0.717, 1.165) is 31.0 Å². The van der Waals surface area contributed by atoms with Crippen molar-refractivity contribution in [2.75, 3.05) is 18.5 Å². The largest absolute Gasteiger partial charge is 0.474 e. The van der Waals surface area contributed by atoms with Gasteiger partial charge in [-0.2, -0.15) is 13.2 Å². The number of amides is 1. The molecule has 1 saturated heterocycles. The maximum atomic E-state index is 12.8. The number of nitrogens with one attached hydrogen (secondary N) is 1. The molecule has 0 aliphatic carbocycles. The minimum atomic E-state index is -4.53. The van der Waals surface area contributed by atoms with Crippen molar-refractivity contribution in [3.8, 4) is 5.88 Å². The van der Waals surface area contributed by atoms with E-state index in [2.05, 4.69) is 10.3 Å². The van der Waals surface area contributed by atoms with E-state index in [0.29, 0.717) is 19.1 Å². The molecule has 1 aliphatic rings. The van der Waals surface area contributed by atoms with Gasteiger partial charge in [-0.15, -0.1) is 0 Å². The lowest BCUT2D eigenvalue weighted by Gasteiger charge is -2.22. The van der Waals surface area contributed by atoms with Gasteiger partial charge in [-0.25, -0.2) is 4.98 Å². The fourth-order valence-electron chi connectivity index (χ4n) is 2.54.